The van der Waals surface area contributed by atoms with Crippen LogP contribution in [-0.4, -0.2) is 36.3 Å². The standard InChI is InChI=1S/C19H21N3O3/c20-18(23)10-21-19(24)13-22-11-15-8-4-5-9-16(15)25-17(12-22)14-6-2-1-3-7-14/h1-9,17H,10-13H2,(H2,20,23)(H,21,24). The number of hydrogen-bond donors (Lipinski definition) is 2. The summed E-state index contributed by atoms with van der Waals surface area (Å²) in [5, 5.41) is 2.53. The van der Waals surface area contributed by atoms with Gasteiger partial charge in [0.2, 0.25) is 11.8 Å². The highest BCUT2D eigenvalue weighted by atomic mass is 16.5. The molecule has 2 aromatic carbocycles. The summed E-state index contributed by atoms with van der Waals surface area (Å²) in [6, 6.07) is 17.8. The normalized spacial score (nSPS) is 17.0. The van der Waals surface area contributed by atoms with E-state index in [1.165, 1.54) is 0 Å². The molecule has 130 valence electrons. The average Bonchev–Trinajstić information content (AvgIpc) is 2.79. The number of hydrogen-bond acceptors (Lipinski definition) is 4. The Labute approximate surface area is 146 Å². The van der Waals surface area contributed by atoms with E-state index >= 15 is 0 Å². The fourth-order valence-electron chi connectivity index (χ4n) is 2.89. The predicted molar refractivity (Wildman–Crippen MR) is 93.7 cm³/mol. The van der Waals surface area contributed by atoms with E-state index in [0.29, 0.717) is 13.1 Å². The van der Waals surface area contributed by atoms with Crippen LogP contribution in [0.15, 0.2) is 54.6 Å². The molecule has 0 saturated carbocycles. The third-order valence-electron chi connectivity index (χ3n) is 4.06. The van der Waals surface area contributed by atoms with Gasteiger partial charge in [0.05, 0.1) is 13.1 Å². The lowest BCUT2D eigenvalue weighted by Gasteiger charge is -2.23. The second-order valence-corrected chi connectivity index (χ2v) is 6.04. The molecule has 1 aliphatic heterocycles. The van der Waals surface area contributed by atoms with Crippen LogP contribution >= 0.6 is 0 Å². The van der Waals surface area contributed by atoms with E-state index < -0.39 is 5.91 Å². The molecule has 6 nitrogen and oxygen atoms in total. The van der Waals surface area contributed by atoms with Gasteiger partial charge in [-0.25, -0.2) is 0 Å². The lowest BCUT2D eigenvalue weighted by Crippen LogP contribution is -2.41. The minimum atomic E-state index is -0.556. The fourth-order valence-corrected chi connectivity index (χ4v) is 2.89. The van der Waals surface area contributed by atoms with Crippen LogP contribution in [0.1, 0.15) is 17.2 Å². The Hall–Kier alpha value is -2.86. The van der Waals surface area contributed by atoms with E-state index in [2.05, 4.69) is 5.32 Å². The number of nitrogens with zero attached hydrogens (tertiary/aromatic N) is 1. The molecule has 0 aromatic heterocycles. The number of amides is 2. The summed E-state index contributed by atoms with van der Waals surface area (Å²) in [6.07, 6.45) is -0.172. The van der Waals surface area contributed by atoms with E-state index in [0.717, 1.165) is 16.9 Å². The molecular formula is C19H21N3O3. The molecule has 0 spiro atoms. The van der Waals surface area contributed by atoms with E-state index in [9.17, 15) is 9.59 Å². The van der Waals surface area contributed by atoms with Crippen molar-refractivity contribution in [2.45, 2.75) is 12.6 Å². The fraction of sp³-hybridized carbons (Fsp3) is 0.263. The molecule has 3 N–H and O–H groups in total. The van der Waals surface area contributed by atoms with E-state index in [1.54, 1.807) is 0 Å². The zero-order valence-electron chi connectivity index (χ0n) is 13.9. The summed E-state index contributed by atoms with van der Waals surface area (Å²) in [5.41, 5.74) is 7.16. The quantitative estimate of drug-likeness (QED) is 0.858. The van der Waals surface area contributed by atoms with Gasteiger partial charge in [-0.3, -0.25) is 14.5 Å². The zero-order chi connectivity index (χ0) is 17.6. The minimum absolute atomic E-state index is 0.151. The number of nitrogens with two attached hydrogens (primary N) is 1. The lowest BCUT2D eigenvalue weighted by molar-refractivity contribution is -0.125. The smallest absolute Gasteiger partial charge is 0.236 e. The molecule has 0 radical (unpaired) electrons. The van der Waals surface area contributed by atoms with Crippen molar-refractivity contribution in [2.24, 2.45) is 5.73 Å². The van der Waals surface area contributed by atoms with Crippen molar-refractivity contribution < 1.29 is 14.3 Å². The highest BCUT2D eigenvalue weighted by molar-refractivity contribution is 5.84. The third-order valence-corrected chi connectivity index (χ3v) is 4.06. The van der Waals surface area contributed by atoms with Crippen molar-refractivity contribution in [2.75, 3.05) is 19.6 Å². The van der Waals surface area contributed by atoms with Crippen molar-refractivity contribution in [3.63, 3.8) is 0 Å². The topological polar surface area (TPSA) is 84.7 Å². The van der Waals surface area contributed by atoms with Crippen LogP contribution in [0.4, 0.5) is 0 Å². The number of nitrogens with one attached hydrogen (secondary N) is 1. The first-order chi connectivity index (χ1) is 12.1. The first-order valence-electron chi connectivity index (χ1n) is 8.18. The Balaban J connectivity index is 1.78. The third kappa shape index (κ3) is 4.58. The highest BCUT2D eigenvalue weighted by Gasteiger charge is 2.25. The van der Waals surface area contributed by atoms with Crippen molar-refractivity contribution in [3.05, 3.63) is 65.7 Å². The Kier molecular flexibility index (Phi) is 5.30. The van der Waals surface area contributed by atoms with Gasteiger partial charge in [0.1, 0.15) is 11.9 Å². The molecule has 25 heavy (non-hydrogen) atoms. The monoisotopic (exact) mass is 339 g/mol. The van der Waals surface area contributed by atoms with Crippen molar-refractivity contribution in [1.82, 2.24) is 10.2 Å². The zero-order valence-corrected chi connectivity index (χ0v) is 13.9. The number of carbonyl (C=O) groups is 2. The molecule has 1 heterocycles. The maximum absolute atomic E-state index is 12.1. The van der Waals surface area contributed by atoms with Gasteiger partial charge in [0, 0.05) is 18.7 Å². The number of rotatable bonds is 5. The van der Waals surface area contributed by atoms with Crippen molar-refractivity contribution >= 4 is 11.8 Å². The van der Waals surface area contributed by atoms with Crippen LogP contribution in [-0.2, 0) is 16.1 Å². The van der Waals surface area contributed by atoms with Gasteiger partial charge in [-0.15, -0.1) is 0 Å². The molecule has 0 bridgehead atoms. The summed E-state index contributed by atoms with van der Waals surface area (Å²) in [7, 11) is 0. The van der Waals surface area contributed by atoms with E-state index in [4.69, 9.17) is 10.5 Å². The lowest BCUT2D eigenvalue weighted by atomic mass is 10.1. The first kappa shape index (κ1) is 17.0. The van der Waals surface area contributed by atoms with Crippen molar-refractivity contribution in [3.8, 4) is 5.75 Å². The number of fused-ring (bicyclic) bond motifs is 1. The molecular weight excluding hydrogens is 318 g/mol. The second-order valence-electron chi connectivity index (χ2n) is 6.04. The highest BCUT2D eigenvalue weighted by Crippen LogP contribution is 2.30. The summed E-state index contributed by atoms with van der Waals surface area (Å²) >= 11 is 0. The van der Waals surface area contributed by atoms with Gasteiger partial charge in [0.15, 0.2) is 0 Å². The van der Waals surface area contributed by atoms with Crippen molar-refractivity contribution in [1.29, 1.82) is 0 Å². The number of para-hydroxylation sites is 1. The molecule has 1 atom stereocenters. The van der Waals surface area contributed by atoms with Gasteiger partial charge in [-0.1, -0.05) is 48.5 Å². The number of carbonyl (C=O) groups excluding carboxylic acids is 2. The van der Waals surface area contributed by atoms with Gasteiger partial charge >= 0.3 is 0 Å². The van der Waals surface area contributed by atoms with Crippen LogP contribution in [0.2, 0.25) is 0 Å². The SMILES string of the molecule is NC(=O)CNC(=O)CN1Cc2ccccc2OC(c2ccccc2)C1. The van der Waals surface area contributed by atoms with Gasteiger partial charge in [-0.2, -0.15) is 0 Å². The first-order valence-corrected chi connectivity index (χ1v) is 8.18. The van der Waals surface area contributed by atoms with Crippen LogP contribution in [0.25, 0.3) is 0 Å². The predicted octanol–water partition coefficient (Wildman–Crippen LogP) is 1.22. The molecule has 0 saturated heterocycles. The Bertz CT molecular complexity index is 749. The minimum Gasteiger partial charge on any atom is -0.484 e. The average molecular weight is 339 g/mol. The second kappa shape index (κ2) is 7.81. The molecule has 2 amide bonds. The summed E-state index contributed by atoms with van der Waals surface area (Å²) in [6.45, 7) is 1.20. The molecule has 0 aliphatic carbocycles. The summed E-state index contributed by atoms with van der Waals surface area (Å²) in [4.78, 5) is 24.9. The summed E-state index contributed by atoms with van der Waals surface area (Å²) < 4.78 is 6.21. The van der Waals surface area contributed by atoms with Gasteiger partial charge in [0.25, 0.3) is 0 Å². The van der Waals surface area contributed by atoms with Crippen LogP contribution in [0, 0.1) is 0 Å². The van der Waals surface area contributed by atoms with Gasteiger partial charge in [-0.05, 0) is 11.6 Å². The number of ether oxygens (including phenoxy) is 1. The molecule has 6 heteroatoms. The van der Waals surface area contributed by atoms with E-state index in [1.807, 2.05) is 59.5 Å². The molecule has 1 aliphatic rings. The molecule has 1 unspecified atom stereocenters. The largest absolute Gasteiger partial charge is 0.484 e. The number of benzene rings is 2. The Morgan fingerprint density at radius 1 is 1.12 bits per heavy atom. The van der Waals surface area contributed by atoms with Crippen LogP contribution < -0.4 is 15.8 Å². The maximum atomic E-state index is 12.1. The molecule has 3 rings (SSSR count). The Morgan fingerprint density at radius 3 is 2.60 bits per heavy atom. The maximum Gasteiger partial charge on any atom is 0.236 e. The van der Waals surface area contributed by atoms with E-state index in [-0.39, 0.29) is 25.1 Å². The van der Waals surface area contributed by atoms with Crippen LogP contribution in [0.5, 0.6) is 5.75 Å². The van der Waals surface area contributed by atoms with Gasteiger partial charge < -0.3 is 15.8 Å². The molecule has 0 fully saturated rings. The Morgan fingerprint density at radius 2 is 1.84 bits per heavy atom. The summed E-state index contributed by atoms with van der Waals surface area (Å²) in [5.74, 6) is 0.0430. The number of primary amides is 1. The van der Waals surface area contributed by atoms with Crippen LogP contribution in [0.3, 0.4) is 0 Å². The molecule has 2 aromatic rings.